The number of carbonyl (C=O) groups is 5. The zero-order valence-corrected chi connectivity index (χ0v) is 19.0. The van der Waals surface area contributed by atoms with Crippen molar-refractivity contribution in [2.75, 3.05) is 13.1 Å². The SMILES string of the molecule is CC(O)C(NC(=O)C1CCCN1C(=O)C(CCCN=C(N)N)NC(=O)C(N)CC(N)=O)C(=O)O. The molecule has 1 rings (SSSR count). The molecule has 34 heavy (non-hydrogen) atoms. The third kappa shape index (κ3) is 8.82. The Bertz CT molecular complexity index is 800. The van der Waals surface area contributed by atoms with Crippen molar-refractivity contribution in [1.29, 1.82) is 0 Å². The minimum atomic E-state index is -1.55. The van der Waals surface area contributed by atoms with Gasteiger partial charge in [0.15, 0.2) is 12.0 Å². The Kier molecular flexibility index (Phi) is 11.2. The molecule has 0 aromatic carbocycles. The molecule has 4 amide bonds. The number of hydrogen-bond donors (Lipinski definition) is 8. The average Bonchev–Trinajstić information content (AvgIpc) is 3.22. The number of aliphatic hydroxyl groups is 1. The van der Waals surface area contributed by atoms with E-state index in [4.69, 9.17) is 22.9 Å². The van der Waals surface area contributed by atoms with Crippen LogP contribution in [0.1, 0.15) is 39.0 Å². The van der Waals surface area contributed by atoms with E-state index in [1.807, 2.05) is 0 Å². The molecule has 0 spiro atoms. The minimum Gasteiger partial charge on any atom is -0.480 e. The Balaban J connectivity index is 3.00. The van der Waals surface area contributed by atoms with Crippen LogP contribution in [0.3, 0.4) is 0 Å². The van der Waals surface area contributed by atoms with Crippen LogP contribution in [0.25, 0.3) is 0 Å². The highest BCUT2D eigenvalue weighted by Gasteiger charge is 2.39. The number of carbonyl (C=O) groups excluding carboxylic acids is 4. The first-order valence-corrected chi connectivity index (χ1v) is 10.8. The highest BCUT2D eigenvalue weighted by molar-refractivity contribution is 5.95. The van der Waals surface area contributed by atoms with Gasteiger partial charge in [-0.15, -0.1) is 0 Å². The summed E-state index contributed by atoms with van der Waals surface area (Å²) in [7, 11) is 0. The summed E-state index contributed by atoms with van der Waals surface area (Å²) in [5, 5.41) is 23.5. The Hall–Kier alpha value is -3.46. The minimum absolute atomic E-state index is 0.0981. The maximum absolute atomic E-state index is 13.3. The smallest absolute Gasteiger partial charge is 0.328 e. The number of likely N-dealkylation sites (tertiary alicyclic amines) is 1. The first-order chi connectivity index (χ1) is 15.8. The van der Waals surface area contributed by atoms with Gasteiger partial charge in [-0.25, -0.2) is 4.79 Å². The molecular weight excluding hydrogens is 452 g/mol. The van der Waals surface area contributed by atoms with Gasteiger partial charge in [-0.1, -0.05) is 0 Å². The Morgan fingerprint density at radius 1 is 1.15 bits per heavy atom. The topological polar surface area (TPSA) is 270 Å². The molecule has 0 saturated carbocycles. The lowest BCUT2D eigenvalue weighted by molar-refractivity contribution is -0.147. The summed E-state index contributed by atoms with van der Waals surface area (Å²) >= 11 is 0. The number of rotatable bonds is 13. The highest BCUT2D eigenvalue weighted by Crippen LogP contribution is 2.20. The van der Waals surface area contributed by atoms with Gasteiger partial charge in [-0.05, 0) is 32.6 Å². The Labute approximate surface area is 196 Å². The molecule has 5 atom stereocenters. The number of aliphatic imine (C=N–C) groups is 1. The van der Waals surface area contributed by atoms with Gasteiger partial charge in [0.2, 0.25) is 23.6 Å². The van der Waals surface area contributed by atoms with Gasteiger partial charge in [0.05, 0.1) is 18.6 Å². The number of primary amides is 1. The van der Waals surface area contributed by atoms with Crippen molar-refractivity contribution in [3.05, 3.63) is 0 Å². The van der Waals surface area contributed by atoms with Crippen molar-refractivity contribution in [3.8, 4) is 0 Å². The lowest BCUT2D eigenvalue weighted by Gasteiger charge is -2.30. The van der Waals surface area contributed by atoms with E-state index in [1.54, 1.807) is 0 Å². The van der Waals surface area contributed by atoms with Crippen LogP contribution in [0, 0.1) is 0 Å². The molecule has 0 aliphatic carbocycles. The monoisotopic (exact) mass is 486 g/mol. The van der Waals surface area contributed by atoms with E-state index in [1.165, 1.54) is 11.8 Å². The van der Waals surface area contributed by atoms with Gasteiger partial charge in [0, 0.05) is 13.1 Å². The standard InChI is InChI=1S/C19H34N8O7/c1-9(28)14(18(33)34)26-16(31)12-5-3-7-27(12)17(32)11(4-2-6-24-19(22)23)25-15(30)10(20)8-13(21)29/h9-12,14,28H,2-8,20H2,1H3,(H2,21,29)(H,25,30)(H,26,31)(H,33,34)(H4,22,23,24). The molecule has 0 aromatic heterocycles. The third-order valence-electron chi connectivity index (χ3n) is 5.20. The molecule has 12 N–H and O–H groups in total. The molecule has 1 aliphatic heterocycles. The van der Waals surface area contributed by atoms with E-state index in [0.717, 1.165) is 0 Å². The predicted molar refractivity (Wildman–Crippen MR) is 120 cm³/mol. The molecule has 15 nitrogen and oxygen atoms in total. The number of nitrogens with one attached hydrogen (secondary N) is 2. The number of nitrogens with zero attached hydrogens (tertiary/aromatic N) is 2. The van der Waals surface area contributed by atoms with Crippen LogP contribution in [0.5, 0.6) is 0 Å². The van der Waals surface area contributed by atoms with Crippen molar-refractivity contribution in [3.63, 3.8) is 0 Å². The summed E-state index contributed by atoms with van der Waals surface area (Å²) in [5.41, 5.74) is 21.3. The molecular formula is C19H34N8O7. The zero-order valence-electron chi connectivity index (χ0n) is 19.0. The van der Waals surface area contributed by atoms with Crippen LogP contribution in [0.4, 0.5) is 0 Å². The highest BCUT2D eigenvalue weighted by atomic mass is 16.4. The number of carboxylic acid groups (broad SMARTS) is 1. The second-order valence-corrected chi connectivity index (χ2v) is 8.04. The first-order valence-electron chi connectivity index (χ1n) is 10.8. The lowest BCUT2D eigenvalue weighted by Crippen LogP contribution is -2.58. The Morgan fingerprint density at radius 2 is 1.79 bits per heavy atom. The van der Waals surface area contributed by atoms with Gasteiger partial charge in [-0.2, -0.15) is 0 Å². The summed E-state index contributed by atoms with van der Waals surface area (Å²) in [4.78, 5) is 65.8. The van der Waals surface area contributed by atoms with Gasteiger partial charge >= 0.3 is 5.97 Å². The van der Waals surface area contributed by atoms with E-state index in [9.17, 15) is 34.2 Å². The number of guanidine groups is 1. The van der Waals surface area contributed by atoms with Crippen molar-refractivity contribution >= 4 is 35.6 Å². The molecule has 15 heteroatoms. The van der Waals surface area contributed by atoms with Crippen LogP contribution in [0.2, 0.25) is 0 Å². The van der Waals surface area contributed by atoms with Gasteiger partial charge in [0.1, 0.15) is 12.1 Å². The van der Waals surface area contributed by atoms with Gasteiger partial charge < -0.3 is 48.7 Å². The number of nitrogens with two attached hydrogens (primary N) is 4. The maximum atomic E-state index is 13.3. The van der Waals surface area contributed by atoms with Crippen LogP contribution < -0.4 is 33.6 Å². The Morgan fingerprint density at radius 3 is 2.32 bits per heavy atom. The molecule has 1 aliphatic rings. The average molecular weight is 487 g/mol. The molecule has 192 valence electrons. The van der Waals surface area contributed by atoms with E-state index in [0.29, 0.717) is 12.8 Å². The second-order valence-electron chi connectivity index (χ2n) is 8.04. The molecule has 5 unspecified atom stereocenters. The van der Waals surface area contributed by atoms with Crippen LogP contribution in [-0.2, 0) is 24.0 Å². The number of amides is 4. The van der Waals surface area contributed by atoms with E-state index < -0.39 is 66.3 Å². The number of carboxylic acids is 1. The van der Waals surface area contributed by atoms with E-state index >= 15 is 0 Å². The molecule has 1 saturated heterocycles. The summed E-state index contributed by atoms with van der Waals surface area (Å²) in [6, 6.07) is -4.93. The van der Waals surface area contributed by atoms with Crippen LogP contribution in [0.15, 0.2) is 4.99 Å². The second kappa shape index (κ2) is 13.3. The fourth-order valence-corrected chi connectivity index (χ4v) is 3.49. The molecule has 1 fully saturated rings. The zero-order chi connectivity index (χ0) is 26.0. The lowest BCUT2D eigenvalue weighted by atomic mass is 10.1. The molecule has 0 radical (unpaired) electrons. The van der Waals surface area contributed by atoms with E-state index in [-0.39, 0.29) is 31.9 Å². The predicted octanol–water partition coefficient (Wildman–Crippen LogP) is -4.33. The number of aliphatic carboxylic acids is 1. The summed E-state index contributed by atoms with van der Waals surface area (Å²) < 4.78 is 0. The van der Waals surface area contributed by atoms with Gasteiger partial charge in [-0.3, -0.25) is 24.2 Å². The van der Waals surface area contributed by atoms with Crippen molar-refractivity contribution in [2.24, 2.45) is 27.9 Å². The number of aliphatic hydroxyl groups excluding tert-OH is 1. The van der Waals surface area contributed by atoms with E-state index in [2.05, 4.69) is 15.6 Å². The molecule has 0 bridgehead atoms. The normalized spacial score (nSPS) is 18.8. The summed E-state index contributed by atoms with van der Waals surface area (Å²) in [6.07, 6.45) is -0.660. The third-order valence-corrected chi connectivity index (χ3v) is 5.20. The fraction of sp³-hybridized carbons (Fsp3) is 0.684. The number of hydrogen-bond acceptors (Lipinski definition) is 8. The molecule has 1 heterocycles. The largest absolute Gasteiger partial charge is 0.480 e. The van der Waals surface area contributed by atoms with Crippen molar-refractivity contribution in [1.82, 2.24) is 15.5 Å². The van der Waals surface area contributed by atoms with Crippen molar-refractivity contribution < 1.29 is 34.2 Å². The van der Waals surface area contributed by atoms with Gasteiger partial charge in [0.25, 0.3) is 0 Å². The quantitative estimate of drug-likeness (QED) is 0.0704. The van der Waals surface area contributed by atoms with Crippen LogP contribution in [-0.4, -0.2) is 94.0 Å². The molecule has 0 aromatic rings. The summed E-state index contributed by atoms with van der Waals surface area (Å²) in [5.74, 6) is -4.47. The maximum Gasteiger partial charge on any atom is 0.328 e. The first kappa shape index (κ1) is 28.6. The summed E-state index contributed by atoms with van der Waals surface area (Å²) in [6.45, 7) is 1.58. The fourth-order valence-electron chi connectivity index (χ4n) is 3.49. The van der Waals surface area contributed by atoms with Crippen LogP contribution >= 0.6 is 0 Å². The van der Waals surface area contributed by atoms with Crippen molar-refractivity contribution in [2.45, 2.75) is 69.3 Å².